The number of ether oxygens (including phenoxy) is 1. The number of halogens is 1. The highest BCUT2D eigenvalue weighted by atomic mass is 19.1. The first kappa shape index (κ1) is 17.9. The van der Waals surface area contributed by atoms with E-state index < -0.39 is 0 Å². The Morgan fingerprint density at radius 1 is 1.11 bits per heavy atom. The number of pyridine rings is 1. The summed E-state index contributed by atoms with van der Waals surface area (Å²) in [5, 5.41) is 0. The molecule has 0 aliphatic carbocycles. The number of aromatic nitrogens is 1. The second-order valence-corrected chi connectivity index (χ2v) is 6.62. The van der Waals surface area contributed by atoms with Gasteiger partial charge < -0.3 is 9.64 Å². The van der Waals surface area contributed by atoms with Gasteiger partial charge in [-0.15, -0.1) is 0 Å². The highest BCUT2D eigenvalue weighted by Crippen LogP contribution is 2.32. The van der Waals surface area contributed by atoms with Crippen molar-refractivity contribution in [1.82, 2.24) is 4.98 Å². The Hall–Kier alpha value is -3.47. The number of fused-ring (bicyclic) bond motifs is 2. The largest absolute Gasteiger partial charge is 0.481 e. The molecule has 0 bridgehead atoms. The molecule has 0 fully saturated rings. The van der Waals surface area contributed by atoms with Crippen LogP contribution in [-0.2, 0) is 11.3 Å². The molecule has 0 atom stereocenters. The molecule has 0 radical (unpaired) electrons. The number of methoxy groups -OCH3 is 1. The van der Waals surface area contributed by atoms with E-state index in [2.05, 4.69) is 4.98 Å². The molecule has 1 amide bonds. The molecule has 1 aliphatic heterocycles. The number of carbonyl (C=O) groups is 1. The van der Waals surface area contributed by atoms with Gasteiger partial charge in [-0.2, -0.15) is 0 Å². The molecule has 5 heteroatoms. The molecule has 0 saturated carbocycles. The van der Waals surface area contributed by atoms with Crippen molar-refractivity contribution in [2.75, 3.05) is 12.0 Å². The average Bonchev–Trinajstić information content (AvgIpc) is 2.70. The van der Waals surface area contributed by atoms with Crippen LogP contribution in [0.15, 0.2) is 54.7 Å². The lowest BCUT2D eigenvalue weighted by molar-refractivity contribution is -0.116. The Bertz CT molecular complexity index is 1070. The van der Waals surface area contributed by atoms with Crippen LogP contribution in [0.4, 0.5) is 10.1 Å². The van der Waals surface area contributed by atoms with E-state index in [4.69, 9.17) is 4.74 Å². The highest BCUT2D eigenvalue weighted by molar-refractivity contribution is 5.95. The zero-order chi connectivity index (χ0) is 19.7. The van der Waals surface area contributed by atoms with Crippen LogP contribution in [0.25, 0.3) is 23.3 Å². The monoisotopic (exact) mass is 374 g/mol. The first-order valence-corrected chi connectivity index (χ1v) is 8.95. The molecule has 140 valence electrons. The second-order valence-electron chi connectivity index (χ2n) is 6.62. The number of hydrogen-bond donors (Lipinski definition) is 0. The highest BCUT2D eigenvalue weighted by Gasteiger charge is 2.20. The van der Waals surface area contributed by atoms with Gasteiger partial charge in [0.05, 0.1) is 19.3 Å². The van der Waals surface area contributed by atoms with Gasteiger partial charge >= 0.3 is 0 Å². The van der Waals surface area contributed by atoms with Crippen LogP contribution in [0, 0.1) is 5.82 Å². The third-order valence-electron chi connectivity index (χ3n) is 4.86. The first-order valence-electron chi connectivity index (χ1n) is 8.95. The van der Waals surface area contributed by atoms with E-state index in [0.29, 0.717) is 23.6 Å². The van der Waals surface area contributed by atoms with Crippen molar-refractivity contribution >= 4 is 23.7 Å². The van der Waals surface area contributed by atoms with Crippen LogP contribution in [0.1, 0.15) is 23.6 Å². The van der Waals surface area contributed by atoms with Crippen molar-refractivity contribution < 1.29 is 13.9 Å². The second kappa shape index (κ2) is 7.27. The fraction of sp³-hybridized carbons (Fsp3) is 0.130. The Labute approximate surface area is 162 Å². The molecule has 0 saturated heterocycles. The molecule has 0 N–H and O–H groups in total. The minimum atomic E-state index is -0.350. The molecule has 2 heterocycles. The summed E-state index contributed by atoms with van der Waals surface area (Å²) in [5.41, 5.74) is 4.51. The Morgan fingerprint density at radius 2 is 1.89 bits per heavy atom. The third-order valence-corrected chi connectivity index (χ3v) is 4.86. The zero-order valence-electron chi connectivity index (χ0n) is 15.6. The smallest absolute Gasteiger partial charge is 0.224 e. The maximum Gasteiger partial charge on any atom is 0.224 e. The Morgan fingerprint density at radius 3 is 2.61 bits per heavy atom. The number of nitrogens with zero attached hydrogens (tertiary/aromatic N) is 2. The SMILES string of the molecule is COc1ccc(-c2cc3c(cc2F)CN(C(C)=O)c2ccccc2/C=C\3)cn1. The van der Waals surface area contributed by atoms with Crippen LogP contribution < -0.4 is 9.64 Å². The molecular formula is C23H19FN2O2. The van der Waals surface area contributed by atoms with E-state index in [1.807, 2.05) is 36.4 Å². The lowest BCUT2D eigenvalue weighted by Crippen LogP contribution is -2.29. The van der Waals surface area contributed by atoms with Crippen LogP contribution in [0.3, 0.4) is 0 Å². The fourth-order valence-electron chi connectivity index (χ4n) is 3.40. The lowest BCUT2D eigenvalue weighted by atomic mass is 9.96. The summed E-state index contributed by atoms with van der Waals surface area (Å²) >= 11 is 0. The molecule has 2 aromatic carbocycles. The van der Waals surface area contributed by atoms with Crippen molar-refractivity contribution in [2.45, 2.75) is 13.5 Å². The maximum absolute atomic E-state index is 14.9. The number of para-hydroxylation sites is 1. The van der Waals surface area contributed by atoms with E-state index in [9.17, 15) is 9.18 Å². The molecule has 4 nitrogen and oxygen atoms in total. The number of hydrogen-bond acceptors (Lipinski definition) is 3. The number of amides is 1. The van der Waals surface area contributed by atoms with Crippen LogP contribution in [-0.4, -0.2) is 18.0 Å². The molecule has 3 aromatic rings. The molecule has 1 aliphatic rings. The van der Waals surface area contributed by atoms with Crippen molar-refractivity contribution in [2.24, 2.45) is 0 Å². The van der Waals surface area contributed by atoms with Crippen molar-refractivity contribution in [3.63, 3.8) is 0 Å². The maximum atomic E-state index is 14.9. The van der Waals surface area contributed by atoms with Gasteiger partial charge in [0.2, 0.25) is 11.8 Å². The molecular weight excluding hydrogens is 355 g/mol. The molecule has 0 unspecified atom stereocenters. The van der Waals surface area contributed by atoms with Crippen molar-refractivity contribution in [3.8, 4) is 17.0 Å². The van der Waals surface area contributed by atoms with Crippen LogP contribution in [0.5, 0.6) is 5.88 Å². The minimum Gasteiger partial charge on any atom is -0.481 e. The van der Waals surface area contributed by atoms with Gasteiger partial charge in [0.25, 0.3) is 0 Å². The lowest BCUT2D eigenvalue weighted by Gasteiger charge is -2.26. The Kier molecular flexibility index (Phi) is 4.65. The van der Waals surface area contributed by atoms with Crippen molar-refractivity contribution in [1.29, 1.82) is 0 Å². The van der Waals surface area contributed by atoms with Crippen molar-refractivity contribution in [3.05, 3.63) is 77.2 Å². The summed E-state index contributed by atoms with van der Waals surface area (Å²) < 4.78 is 20.0. The fourth-order valence-corrected chi connectivity index (χ4v) is 3.40. The van der Waals surface area contributed by atoms with E-state index in [1.165, 1.54) is 20.1 Å². The molecule has 4 rings (SSSR count). The van der Waals surface area contributed by atoms with Crippen LogP contribution in [0.2, 0.25) is 0 Å². The van der Waals surface area contributed by atoms with Gasteiger partial charge in [-0.25, -0.2) is 9.37 Å². The number of benzene rings is 2. The summed E-state index contributed by atoms with van der Waals surface area (Å²) in [7, 11) is 1.54. The zero-order valence-corrected chi connectivity index (χ0v) is 15.6. The van der Waals surface area contributed by atoms with Gasteiger partial charge in [0.1, 0.15) is 5.82 Å². The average molecular weight is 374 g/mol. The predicted molar refractivity (Wildman–Crippen MR) is 108 cm³/mol. The summed E-state index contributed by atoms with van der Waals surface area (Å²) in [6.45, 7) is 1.83. The summed E-state index contributed by atoms with van der Waals surface area (Å²) in [4.78, 5) is 18.1. The number of anilines is 1. The van der Waals surface area contributed by atoms with Gasteiger partial charge in [0.15, 0.2) is 0 Å². The van der Waals surface area contributed by atoms with E-state index >= 15 is 0 Å². The standard InChI is InChI=1S/C23H19FN2O2/c1-15(27)26-14-19-12-21(24)20(18-9-10-23(28-2)25-13-18)11-17(19)8-7-16-5-3-4-6-22(16)26/h3-13H,14H2,1-2H3/b8-7-. The van der Waals surface area contributed by atoms with Gasteiger partial charge in [0, 0.05) is 30.3 Å². The number of rotatable bonds is 2. The third kappa shape index (κ3) is 3.27. The van der Waals surface area contributed by atoms with Gasteiger partial charge in [-0.1, -0.05) is 30.4 Å². The first-order chi connectivity index (χ1) is 13.6. The van der Waals surface area contributed by atoms with Gasteiger partial charge in [-0.05, 0) is 41.0 Å². The molecule has 0 spiro atoms. The predicted octanol–water partition coefficient (Wildman–Crippen LogP) is 4.93. The Balaban J connectivity index is 1.83. The van der Waals surface area contributed by atoms with E-state index in [0.717, 1.165) is 22.4 Å². The number of carbonyl (C=O) groups excluding carboxylic acids is 1. The summed E-state index contributed by atoms with van der Waals surface area (Å²) in [5.74, 6) is 0.0398. The van der Waals surface area contributed by atoms with Crippen LogP contribution >= 0.6 is 0 Å². The summed E-state index contributed by atoms with van der Waals surface area (Å²) in [6, 6.07) is 14.5. The van der Waals surface area contributed by atoms with E-state index in [1.54, 1.807) is 29.3 Å². The minimum absolute atomic E-state index is 0.0856. The normalized spacial score (nSPS) is 13.8. The van der Waals surface area contributed by atoms with E-state index in [-0.39, 0.29) is 11.7 Å². The summed E-state index contributed by atoms with van der Waals surface area (Å²) in [6.07, 6.45) is 5.51. The quantitative estimate of drug-likeness (QED) is 0.638. The molecule has 28 heavy (non-hydrogen) atoms. The topological polar surface area (TPSA) is 42.4 Å². The van der Waals surface area contributed by atoms with Gasteiger partial charge in [-0.3, -0.25) is 4.79 Å². The molecule has 1 aromatic heterocycles.